The molecule has 7 heteroatoms. The van der Waals surface area contributed by atoms with Crippen LogP contribution >= 0.6 is 11.6 Å². The van der Waals surface area contributed by atoms with E-state index in [9.17, 15) is 9.18 Å². The molecule has 3 rings (SSSR count). The van der Waals surface area contributed by atoms with Gasteiger partial charge in [0, 0.05) is 13.6 Å². The maximum atomic E-state index is 13.6. The third-order valence-corrected chi connectivity index (χ3v) is 4.48. The summed E-state index contributed by atoms with van der Waals surface area (Å²) in [6.45, 7) is 0.607. The van der Waals surface area contributed by atoms with Crippen LogP contribution < -0.4 is 0 Å². The number of carbonyl (C=O) groups is 1. The fraction of sp³-hybridized carbons (Fsp3) is 0.438. The standard InChI is InChI=1S/C16H18ClFN4O/c1-21-16(17)19-14(20-21)15(23)22-9-4-2-3-8-13(22)11-6-5-7-12(18)10-11/h5-7,10,13H,2-4,8-9H2,1H3. The topological polar surface area (TPSA) is 51.0 Å². The second kappa shape index (κ2) is 6.66. The zero-order chi connectivity index (χ0) is 16.4. The maximum absolute atomic E-state index is 13.6. The minimum Gasteiger partial charge on any atom is -0.329 e. The molecule has 0 aliphatic carbocycles. The first-order valence-corrected chi connectivity index (χ1v) is 8.07. The Morgan fingerprint density at radius 2 is 2.17 bits per heavy atom. The Balaban J connectivity index is 1.93. The summed E-state index contributed by atoms with van der Waals surface area (Å²) in [5, 5.41) is 4.24. The van der Waals surface area contributed by atoms with Crippen molar-refractivity contribution in [1.29, 1.82) is 0 Å². The van der Waals surface area contributed by atoms with Gasteiger partial charge in [-0.2, -0.15) is 4.98 Å². The van der Waals surface area contributed by atoms with E-state index in [1.165, 1.54) is 16.8 Å². The summed E-state index contributed by atoms with van der Waals surface area (Å²) >= 11 is 5.89. The summed E-state index contributed by atoms with van der Waals surface area (Å²) in [4.78, 5) is 18.6. The van der Waals surface area contributed by atoms with Gasteiger partial charge in [0.1, 0.15) is 5.82 Å². The van der Waals surface area contributed by atoms with Gasteiger partial charge < -0.3 is 4.90 Å². The number of benzene rings is 1. The third-order valence-electron chi connectivity index (χ3n) is 4.15. The fourth-order valence-corrected chi connectivity index (χ4v) is 3.11. The minimum atomic E-state index is -0.293. The van der Waals surface area contributed by atoms with E-state index >= 15 is 0 Å². The number of amides is 1. The molecule has 2 aromatic rings. The molecule has 0 saturated carbocycles. The largest absolute Gasteiger partial charge is 0.329 e. The third kappa shape index (κ3) is 3.37. The summed E-state index contributed by atoms with van der Waals surface area (Å²) in [5.41, 5.74) is 0.808. The number of hydrogen-bond acceptors (Lipinski definition) is 3. The van der Waals surface area contributed by atoms with Crippen molar-refractivity contribution in [2.24, 2.45) is 7.05 Å². The van der Waals surface area contributed by atoms with Crippen LogP contribution in [0.3, 0.4) is 0 Å². The van der Waals surface area contributed by atoms with Crippen molar-refractivity contribution in [3.05, 3.63) is 46.8 Å². The van der Waals surface area contributed by atoms with Crippen molar-refractivity contribution in [2.45, 2.75) is 31.7 Å². The molecular weight excluding hydrogens is 319 g/mol. The van der Waals surface area contributed by atoms with Crippen LogP contribution in [-0.2, 0) is 7.05 Å². The highest BCUT2D eigenvalue weighted by Gasteiger charge is 2.30. The highest BCUT2D eigenvalue weighted by Crippen LogP contribution is 2.31. The number of aryl methyl sites for hydroxylation is 1. The lowest BCUT2D eigenvalue weighted by Crippen LogP contribution is -2.35. The lowest BCUT2D eigenvalue weighted by atomic mass is 10.0. The van der Waals surface area contributed by atoms with Crippen LogP contribution in [0.4, 0.5) is 4.39 Å². The van der Waals surface area contributed by atoms with Gasteiger partial charge >= 0.3 is 0 Å². The van der Waals surface area contributed by atoms with E-state index in [2.05, 4.69) is 10.1 Å². The van der Waals surface area contributed by atoms with Crippen LogP contribution in [0.5, 0.6) is 0 Å². The summed E-state index contributed by atoms with van der Waals surface area (Å²) in [6.07, 6.45) is 3.77. The Morgan fingerprint density at radius 1 is 1.35 bits per heavy atom. The zero-order valence-electron chi connectivity index (χ0n) is 12.9. The van der Waals surface area contributed by atoms with Crippen LogP contribution in [0.15, 0.2) is 24.3 Å². The van der Waals surface area contributed by atoms with E-state index in [4.69, 9.17) is 11.6 Å². The van der Waals surface area contributed by atoms with Crippen LogP contribution in [0.1, 0.15) is 47.9 Å². The molecule has 1 aliphatic rings. The van der Waals surface area contributed by atoms with Crippen LogP contribution in [-0.4, -0.2) is 32.1 Å². The molecule has 1 fully saturated rings. The molecule has 1 saturated heterocycles. The van der Waals surface area contributed by atoms with Gasteiger partial charge in [-0.15, -0.1) is 5.10 Å². The van der Waals surface area contributed by atoms with E-state index < -0.39 is 0 Å². The van der Waals surface area contributed by atoms with E-state index in [0.717, 1.165) is 31.2 Å². The number of rotatable bonds is 2. The smallest absolute Gasteiger partial charge is 0.294 e. The van der Waals surface area contributed by atoms with Crippen LogP contribution in [0.2, 0.25) is 5.28 Å². The SMILES string of the molecule is Cn1nc(C(=O)N2CCCCCC2c2cccc(F)c2)nc1Cl. The van der Waals surface area contributed by atoms with Crippen LogP contribution in [0, 0.1) is 5.82 Å². The molecule has 0 radical (unpaired) electrons. The number of halogens is 2. The molecule has 0 N–H and O–H groups in total. The molecule has 2 heterocycles. The number of nitrogens with zero attached hydrogens (tertiary/aromatic N) is 4. The summed E-state index contributed by atoms with van der Waals surface area (Å²) < 4.78 is 14.9. The number of hydrogen-bond donors (Lipinski definition) is 0. The Labute approximate surface area is 139 Å². The van der Waals surface area contributed by atoms with Gasteiger partial charge in [0.05, 0.1) is 6.04 Å². The van der Waals surface area contributed by atoms with E-state index in [1.807, 2.05) is 6.07 Å². The Hall–Kier alpha value is -1.95. The van der Waals surface area contributed by atoms with Crippen molar-refractivity contribution >= 4 is 17.5 Å². The molecule has 1 unspecified atom stereocenters. The monoisotopic (exact) mass is 336 g/mol. The summed E-state index contributed by atoms with van der Waals surface area (Å²) in [6, 6.07) is 6.27. The molecular formula is C16H18ClFN4O. The molecule has 122 valence electrons. The molecule has 1 atom stereocenters. The highest BCUT2D eigenvalue weighted by molar-refractivity contribution is 6.28. The molecule has 1 aliphatic heterocycles. The lowest BCUT2D eigenvalue weighted by Gasteiger charge is -2.29. The average molecular weight is 337 g/mol. The van der Waals surface area contributed by atoms with Gasteiger partial charge in [-0.3, -0.25) is 4.79 Å². The Morgan fingerprint density at radius 3 is 2.87 bits per heavy atom. The summed E-state index contributed by atoms with van der Waals surface area (Å²) in [7, 11) is 1.64. The van der Waals surface area contributed by atoms with Crippen molar-refractivity contribution in [2.75, 3.05) is 6.54 Å². The zero-order valence-corrected chi connectivity index (χ0v) is 13.6. The molecule has 0 bridgehead atoms. The average Bonchev–Trinajstić information content (AvgIpc) is 2.75. The molecule has 1 aromatic carbocycles. The second-order valence-corrected chi connectivity index (χ2v) is 6.08. The first-order valence-electron chi connectivity index (χ1n) is 7.69. The fourth-order valence-electron chi connectivity index (χ4n) is 3.00. The predicted octanol–water partition coefficient (Wildman–Crippen LogP) is 3.37. The number of aromatic nitrogens is 3. The highest BCUT2D eigenvalue weighted by atomic mass is 35.5. The molecule has 5 nitrogen and oxygen atoms in total. The van der Waals surface area contributed by atoms with Crippen molar-refractivity contribution < 1.29 is 9.18 Å². The van der Waals surface area contributed by atoms with E-state index in [-0.39, 0.29) is 28.9 Å². The van der Waals surface area contributed by atoms with Crippen molar-refractivity contribution in [3.8, 4) is 0 Å². The number of likely N-dealkylation sites (tertiary alicyclic amines) is 1. The maximum Gasteiger partial charge on any atom is 0.294 e. The van der Waals surface area contributed by atoms with E-state index in [1.54, 1.807) is 18.0 Å². The van der Waals surface area contributed by atoms with Gasteiger partial charge in [-0.1, -0.05) is 25.0 Å². The van der Waals surface area contributed by atoms with Crippen molar-refractivity contribution in [3.63, 3.8) is 0 Å². The van der Waals surface area contributed by atoms with Crippen LogP contribution in [0.25, 0.3) is 0 Å². The second-order valence-electron chi connectivity index (χ2n) is 5.75. The van der Waals surface area contributed by atoms with Gasteiger partial charge in [-0.25, -0.2) is 9.07 Å². The molecule has 1 amide bonds. The van der Waals surface area contributed by atoms with Gasteiger partial charge in [-0.05, 0) is 42.1 Å². The van der Waals surface area contributed by atoms with Gasteiger partial charge in [0.15, 0.2) is 0 Å². The van der Waals surface area contributed by atoms with E-state index in [0.29, 0.717) is 6.54 Å². The predicted molar refractivity (Wildman–Crippen MR) is 84.7 cm³/mol. The Bertz CT molecular complexity index is 698. The normalized spacial score (nSPS) is 18.7. The summed E-state index contributed by atoms with van der Waals surface area (Å²) in [5.74, 6) is -0.470. The molecule has 23 heavy (non-hydrogen) atoms. The quantitative estimate of drug-likeness (QED) is 0.845. The first kappa shape index (κ1) is 15.9. The van der Waals surface area contributed by atoms with Gasteiger partial charge in [0.2, 0.25) is 11.1 Å². The molecule has 0 spiro atoms. The minimum absolute atomic E-state index is 0.0841. The lowest BCUT2D eigenvalue weighted by molar-refractivity contribution is 0.0667. The first-order chi connectivity index (χ1) is 11.1. The Kier molecular flexibility index (Phi) is 4.61. The number of carbonyl (C=O) groups excluding carboxylic acids is 1. The van der Waals surface area contributed by atoms with Gasteiger partial charge in [0.25, 0.3) is 5.91 Å². The molecule has 1 aromatic heterocycles. The van der Waals surface area contributed by atoms with Crippen molar-refractivity contribution in [1.82, 2.24) is 19.7 Å².